The highest BCUT2D eigenvalue weighted by Crippen LogP contribution is 2.37. The van der Waals surface area contributed by atoms with Crippen LogP contribution in [0.2, 0.25) is 0 Å². The van der Waals surface area contributed by atoms with Gasteiger partial charge in [-0.3, -0.25) is 14.4 Å². The minimum absolute atomic E-state index is 0.139. The molecule has 0 saturated heterocycles. The lowest BCUT2D eigenvalue weighted by molar-refractivity contribution is -0.117. The van der Waals surface area contributed by atoms with Gasteiger partial charge < -0.3 is 16.0 Å². The number of benzene rings is 2. The zero-order valence-corrected chi connectivity index (χ0v) is 17.9. The van der Waals surface area contributed by atoms with Crippen molar-refractivity contribution in [3.8, 4) is 0 Å². The van der Waals surface area contributed by atoms with Crippen LogP contribution in [0.15, 0.2) is 64.1 Å². The van der Waals surface area contributed by atoms with E-state index in [1.807, 2.05) is 24.3 Å². The van der Waals surface area contributed by atoms with Crippen LogP contribution in [0, 0.1) is 0 Å². The van der Waals surface area contributed by atoms with Gasteiger partial charge in [0.05, 0.1) is 22.5 Å². The number of hydrogen-bond acceptors (Lipinski definition) is 3. The quantitative estimate of drug-likeness (QED) is 0.571. The van der Waals surface area contributed by atoms with Gasteiger partial charge in [0.1, 0.15) is 0 Å². The van der Waals surface area contributed by atoms with Crippen LogP contribution in [0.5, 0.6) is 0 Å². The van der Waals surface area contributed by atoms with Crippen molar-refractivity contribution in [3.05, 3.63) is 80.8 Å². The first kappa shape index (κ1) is 20.1. The Kier molecular flexibility index (Phi) is 5.55. The fourth-order valence-corrected chi connectivity index (χ4v) is 3.76. The van der Waals surface area contributed by atoms with Crippen LogP contribution in [0.3, 0.4) is 0 Å². The minimum Gasteiger partial charge on any atom is -0.352 e. The molecule has 0 bridgehead atoms. The van der Waals surface area contributed by atoms with Gasteiger partial charge in [-0.1, -0.05) is 53.5 Å². The van der Waals surface area contributed by atoms with Gasteiger partial charge in [-0.25, -0.2) is 0 Å². The normalized spacial score (nSPS) is 15.3. The molecule has 2 aliphatic rings. The second-order valence-electron chi connectivity index (χ2n) is 7.10. The fourth-order valence-electron chi connectivity index (χ4n) is 3.50. The Morgan fingerprint density at radius 3 is 1.87 bits per heavy atom. The predicted octanol–water partition coefficient (Wildman–Crippen LogP) is 3.36. The molecular formula is C23H20BrN3O3. The Morgan fingerprint density at radius 2 is 1.37 bits per heavy atom. The first-order chi connectivity index (χ1) is 14.5. The molecule has 3 amide bonds. The maximum absolute atomic E-state index is 12.7. The number of amides is 3. The summed E-state index contributed by atoms with van der Waals surface area (Å²) < 4.78 is 0.910. The number of hydrogen-bond donors (Lipinski definition) is 3. The number of nitrogens with one attached hydrogen (secondary N) is 3. The third kappa shape index (κ3) is 3.68. The summed E-state index contributed by atoms with van der Waals surface area (Å²) in [5.41, 5.74) is 3.60. The summed E-state index contributed by atoms with van der Waals surface area (Å²) in [7, 11) is 0. The lowest BCUT2D eigenvalue weighted by atomic mass is 10.0. The van der Waals surface area contributed by atoms with E-state index in [1.165, 1.54) is 0 Å². The predicted molar refractivity (Wildman–Crippen MR) is 118 cm³/mol. The molecule has 0 fully saturated rings. The van der Waals surface area contributed by atoms with Crippen LogP contribution in [-0.2, 0) is 9.59 Å². The Bertz CT molecular complexity index is 1100. The Hall–Kier alpha value is -3.19. The van der Waals surface area contributed by atoms with Crippen LogP contribution >= 0.6 is 15.9 Å². The minimum atomic E-state index is -0.322. The molecule has 2 aromatic rings. The summed E-state index contributed by atoms with van der Waals surface area (Å²) >= 11 is 3.39. The van der Waals surface area contributed by atoms with Crippen molar-refractivity contribution in [2.45, 2.75) is 19.8 Å². The SMILES string of the molecule is CCCCNC(=O)c1ccc(C2=C3C(=O)NC(c4ccc(Br)cc4)=C3C(=O)N2)cc1. The van der Waals surface area contributed by atoms with Crippen molar-refractivity contribution in [1.82, 2.24) is 16.0 Å². The maximum Gasteiger partial charge on any atom is 0.258 e. The van der Waals surface area contributed by atoms with Crippen molar-refractivity contribution < 1.29 is 14.4 Å². The lowest BCUT2D eigenvalue weighted by Crippen LogP contribution is -2.24. The molecule has 0 aliphatic carbocycles. The summed E-state index contributed by atoms with van der Waals surface area (Å²) in [5, 5.41) is 8.51. The van der Waals surface area contributed by atoms with Crippen molar-refractivity contribution in [2.75, 3.05) is 6.54 Å². The van der Waals surface area contributed by atoms with Gasteiger partial charge in [0.2, 0.25) is 0 Å². The number of fused-ring (bicyclic) bond motifs is 1. The molecule has 0 aromatic heterocycles. The summed E-state index contributed by atoms with van der Waals surface area (Å²) in [6.45, 7) is 2.70. The van der Waals surface area contributed by atoms with Crippen LogP contribution in [0.1, 0.15) is 41.3 Å². The third-order valence-electron chi connectivity index (χ3n) is 5.07. The van der Waals surface area contributed by atoms with E-state index in [0.29, 0.717) is 40.2 Å². The zero-order chi connectivity index (χ0) is 21.3. The first-order valence-corrected chi connectivity index (χ1v) is 10.5. The first-order valence-electron chi connectivity index (χ1n) is 9.75. The molecule has 0 saturated carbocycles. The van der Waals surface area contributed by atoms with Gasteiger partial charge in [0.25, 0.3) is 17.7 Å². The molecule has 0 atom stereocenters. The monoisotopic (exact) mass is 465 g/mol. The molecule has 4 rings (SSSR count). The van der Waals surface area contributed by atoms with Crippen molar-refractivity contribution in [2.24, 2.45) is 0 Å². The van der Waals surface area contributed by atoms with Crippen LogP contribution < -0.4 is 16.0 Å². The standard InChI is InChI=1S/C23H20BrN3O3/c1-2-3-12-25-21(28)15-6-4-13(5-7-15)19-17-18(23(30)26-19)20(27-22(17)29)14-8-10-16(24)11-9-14/h4-11H,2-3,12H2,1H3,(H,25,28)(H,26,30)(H,27,29). The van der Waals surface area contributed by atoms with Crippen LogP contribution in [-0.4, -0.2) is 24.3 Å². The molecule has 0 radical (unpaired) electrons. The molecule has 152 valence electrons. The second kappa shape index (κ2) is 8.28. The van der Waals surface area contributed by atoms with E-state index < -0.39 is 0 Å². The van der Waals surface area contributed by atoms with E-state index in [4.69, 9.17) is 0 Å². The number of carbonyl (C=O) groups excluding carboxylic acids is 3. The van der Waals surface area contributed by atoms with Crippen molar-refractivity contribution in [3.63, 3.8) is 0 Å². The average molecular weight is 466 g/mol. The zero-order valence-electron chi connectivity index (χ0n) is 16.3. The summed E-state index contributed by atoms with van der Waals surface area (Å²) in [6.07, 6.45) is 1.94. The Balaban J connectivity index is 1.66. The molecule has 7 heteroatoms. The van der Waals surface area contributed by atoms with Crippen molar-refractivity contribution >= 4 is 45.0 Å². The fraction of sp³-hybridized carbons (Fsp3) is 0.174. The van der Waals surface area contributed by atoms with Crippen LogP contribution in [0.25, 0.3) is 11.4 Å². The molecule has 0 unspecified atom stereocenters. The Morgan fingerprint density at radius 1 is 0.867 bits per heavy atom. The lowest BCUT2D eigenvalue weighted by Gasteiger charge is -2.08. The van der Waals surface area contributed by atoms with E-state index in [9.17, 15) is 14.4 Å². The van der Waals surface area contributed by atoms with E-state index >= 15 is 0 Å². The van der Waals surface area contributed by atoms with Gasteiger partial charge in [0.15, 0.2) is 0 Å². The largest absolute Gasteiger partial charge is 0.352 e. The highest BCUT2D eigenvalue weighted by Gasteiger charge is 2.40. The topological polar surface area (TPSA) is 87.3 Å². The highest BCUT2D eigenvalue weighted by molar-refractivity contribution is 9.10. The maximum atomic E-state index is 12.7. The molecule has 2 aromatic carbocycles. The molecule has 2 heterocycles. The van der Waals surface area contributed by atoms with Gasteiger partial charge in [-0.2, -0.15) is 0 Å². The van der Waals surface area contributed by atoms with Gasteiger partial charge in [0, 0.05) is 16.6 Å². The number of rotatable bonds is 6. The van der Waals surface area contributed by atoms with Gasteiger partial charge in [-0.05, 0) is 41.8 Å². The summed E-state index contributed by atoms with van der Waals surface area (Å²) in [5.74, 6) is -0.782. The smallest absolute Gasteiger partial charge is 0.258 e. The third-order valence-corrected chi connectivity index (χ3v) is 5.59. The number of halogens is 1. The second-order valence-corrected chi connectivity index (χ2v) is 8.02. The van der Waals surface area contributed by atoms with Gasteiger partial charge in [-0.15, -0.1) is 0 Å². The van der Waals surface area contributed by atoms with Crippen LogP contribution in [0.4, 0.5) is 0 Å². The molecule has 6 nitrogen and oxygen atoms in total. The van der Waals surface area contributed by atoms with E-state index in [-0.39, 0.29) is 17.7 Å². The van der Waals surface area contributed by atoms with Gasteiger partial charge >= 0.3 is 0 Å². The van der Waals surface area contributed by atoms with E-state index in [2.05, 4.69) is 38.8 Å². The molecule has 2 aliphatic heterocycles. The molecule has 3 N–H and O–H groups in total. The molecule has 0 spiro atoms. The Labute approximate surface area is 182 Å². The molecular weight excluding hydrogens is 446 g/mol. The average Bonchev–Trinajstić information content (AvgIpc) is 3.27. The van der Waals surface area contributed by atoms with Crippen molar-refractivity contribution in [1.29, 1.82) is 0 Å². The molecule has 30 heavy (non-hydrogen) atoms. The summed E-state index contributed by atoms with van der Waals surface area (Å²) in [4.78, 5) is 37.6. The van der Waals surface area contributed by atoms with E-state index in [1.54, 1.807) is 24.3 Å². The number of carbonyl (C=O) groups is 3. The number of unbranched alkanes of at least 4 members (excludes halogenated alkanes) is 1. The van der Waals surface area contributed by atoms with E-state index in [0.717, 1.165) is 22.9 Å². The highest BCUT2D eigenvalue weighted by atomic mass is 79.9. The summed E-state index contributed by atoms with van der Waals surface area (Å²) in [6, 6.07) is 14.3.